The van der Waals surface area contributed by atoms with Crippen LogP contribution >= 0.6 is 0 Å². The summed E-state index contributed by atoms with van der Waals surface area (Å²) in [6.07, 6.45) is 10.3. The highest BCUT2D eigenvalue weighted by Crippen LogP contribution is 2.44. The molecule has 0 amide bonds. The number of nitrogens with zero attached hydrogens (tertiary/aromatic N) is 1. The number of ether oxygens (including phenoxy) is 1. The molecule has 2 fully saturated rings. The number of carbonyl (C=O) groups is 1. The smallest absolute Gasteiger partial charge is 0.309 e. The van der Waals surface area contributed by atoms with Crippen molar-refractivity contribution in [1.29, 1.82) is 0 Å². The van der Waals surface area contributed by atoms with E-state index in [9.17, 15) is 9.90 Å². The molecule has 0 aliphatic heterocycles. The van der Waals surface area contributed by atoms with Gasteiger partial charge in [-0.15, -0.1) is 0 Å². The Hall–Kier alpha value is -2.14. The third-order valence-electron chi connectivity index (χ3n) is 7.43. The molecule has 2 atom stereocenters. The molecule has 2 aliphatic carbocycles. The molecule has 0 unspecified atom stereocenters. The topological polar surface area (TPSA) is 72.6 Å². The maximum atomic E-state index is 11.8. The van der Waals surface area contributed by atoms with Crippen LogP contribution in [0.2, 0.25) is 0 Å². The Labute approximate surface area is 185 Å². The van der Waals surface area contributed by atoms with Gasteiger partial charge in [-0.2, -0.15) is 0 Å². The van der Waals surface area contributed by atoms with E-state index in [1.807, 2.05) is 19.1 Å². The van der Waals surface area contributed by atoms with Gasteiger partial charge in [-0.25, -0.2) is 4.98 Å². The Morgan fingerprint density at radius 1 is 1.16 bits per heavy atom. The molecule has 2 aliphatic rings. The first kappa shape index (κ1) is 22.1. The molecule has 1 N–H and O–H groups in total. The van der Waals surface area contributed by atoms with E-state index < -0.39 is 11.4 Å². The minimum absolute atomic E-state index is 0.224. The van der Waals surface area contributed by atoms with Crippen molar-refractivity contribution in [2.24, 2.45) is 11.3 Å². The van der Waals surface area contributed by atoms with Crippen molar-refractivity contribution in [3.8, 4) is 11.5 Å². The summed E-state index contributed by atoms with van der Waals surface area (Å²) in [5, 5.41) is 9.74. The van der Waals surface area contributed by atoms with Crippen LogP contribution in [0, 0.1) is 25.2 Å². The van der Waals surface area contributed by atoms with Crippen molar-refractivity contribution >= 4 is 5.97 Å². The first-order valence-corrected chi connectivity index (χ1v) is 11.8. The molecule has 168 valence electrons. The molecular weight excluding hydrogens is 390 g/mol. The minimum Gasteiger partial charge on any atom is -0.481 e. The fraction of sp³-hybridized carbons (Fsp3) is 0.615. The molecule has 1 heterocycles. The molecule has 5 heteroatoms. The number of carboxylic acids is 1. The van der Waals surface area contributed by atoms with Gasteiger partial charge in [0.2, 0.25) is 5.89 Å². The van der Waals surface area contributed by atoms with Gasteiger partial charge in [0, 0.05) is 5.56 Å². The lowest BCUT2D eigenvalue weighted by Crippen LogP contribution is -2.30. The van der Waals surface area contributed by atoms with Crippen LogP contribution in [-0.4, -0.2) is 22.2 Å². The summed E-state index contributed by atoms with van der Waals surface area (Å²) in [6.45, 7) is 4.48. The number of aryl methyl sites for hydroxylation is 2. The molecule has 2 aromatic rings. The monoisotopic (exact) mass is 425 g/mol. The normalized spacial score (nSPS) is 23.2. The van der Waals surface area contributed by atoms with Gasteiger partial charge in [0.05, 0.1) is 18.1 Å². The fourth-order valence-electron chi connectivity index (χ4n) is 5.34. The van der Waals surface area contributed by atoms with Gasteiger partial charge >= 0.3 is 5.97 Å². The lowest BCUT2D eigenvalue weighted by atomic mass is 9.76. The Morgan fingerprint density at radius 2 is 1.90 bits per heavy atom. The van der Waals surface area contributed by atoms with Crippen LogP contribution in [0.5, 0.6) is 0 Å². The second-order valence-electron chi connectivity index (χ2n) is 9.68. The summed E-state index contributed by atoms with van der Waals surface area (Å²) in [6, 6.07) is 8.19. The summed E-state index contributed by atoms with van der Waals surface area (Å²) < 4.78 is 12.1. The van der Waals surface area contributed by atoms with Crippen LogP contribution in [0.25, 0.3) is 11.5 Å². The largest absolute Gasteiger partial charge is 0.481 e. The molecule has 0 spiro atoms. The molecule has 0 saturated heterocycles. The van der Waals surface area contributed by atoms with E-state index >= 15 is 0 Å². The van der Waals surface area contributed by atoms with Gasteiger partial charge in [-0.1, -0.05) is 43.4 Å². The Balaban J connectivity index is 1.30. The third-order valence-corrected chi connectivity index (χ3v) is 7.43. The van der Waals surface area contributed by atoms with E-state index in [1.165, 1.54) is 12.0 Å². The molecule has 2 saturated carbocycles. The maximum Gasteiger partial charge on any atom is 0.309 e. The van der Waals surface area contributed by atoms with Gasteiger partial charge in [0.15, 0.2) is 0 Å². The van der Waals surface area contributed by atoms with Crippen molar-refractivity contribution in [2.75, 3.05) is 0 Å². The van der Waals surface area contributed by atoms with Crippen LogP contribution in [0.4, 0.5) is 0 Å². The number of aliphatic carboxylic acids is 1. The number of benzene rings is 1. The summed E-state index contributed by atoms with van der Waals surface area (Å²) in [5.74, 6) is 1.44. The van der Waals surface area contributed by atoms with Crippen LogP contribution < -0.4 is 0 Å². The first-order valence-electron chi connectivity index (χ1n) is 11.8. The highest BCUT2D eigenvalue weighted by atomic mass is 16.5. The second-order valence-corrected chi connectivity index (χ2v) is 9.68. The van der Waals surface area contributed by atoms with Gasteiger partial charge in [-0.05, 0) is 70.4 Å². The summed E-state index contributed by atoms with van der Waals surface area (Å²) in [4.78, 5) is 16.5. The molecular formula is C26H35NO4. The zero-order chi connectivity index (χ0) is 21.8. The van der Waals surface area contributed by atoms with Crippen molar-refractivity contribution in [1.82, 2.24) is 4.98 Å². The van der Waals surface area contributed by atoms with E-state index in [-0.39, 0.29) is 6.10 Å². The van der Waals surface area contributed by atoms with E-state index in [0.717, 1.165) is 74.8 Å². The standard InChI is InChI=1S/C26H35NO4/c1-18-8-10-21(11-9-18)24-27-23(19(2)31-24)17-30-22-7-5-6-20(16-22)12-15-26(25(28)29)13-3-4-14-26/h8-11,20,22H,3-7,12-17H2,1-2H3,(H,28,29)/t20-,22-/m1/s1. The van der Waals surface area contributed by atoms with Crippen molar-refractivity contribution < 1.29 is 19.1 Å². The number of carboxylic acid groups (broad SMARTS) is 1. The molecule has 31 heavy (non-hydrogen) atoms. The van der Waals surface area contributed by atoms with E-state index in [4.69, 9.17) is 9.15 Å². The molecule has 4 rings (SSSR count). The molecule has 1 aromatic carbocycles. The Morgan fingerprint density at radius 3 is 2.61 bits per heavy atom. The first-order chi connectivity index (χ1) is 14.9. The molecule has 1 aromatic heterocycles. The van der Waals surface area contributed by atoms with Gasteiger partial charge in [0.1, 0.15) is 11.5 Å². The quantitative estimate of drug-likeness (QED) is 0.525. The zero-order valence-electron chi connectivity index (χ0n) is 18.9. The van der Waals surface area contributed by atoms with Gasteiger partial charge < -0.3 is 14.3 Å². The predicted molar refractivity (Wildman–Crippen MR) is 120 cm³/mol. The summed E-state index contributed by atoms with van der Waals surface area (Å²) in [5.41, 5.74) is 2.60. The minimum atomic E-state index is -0.584. The lowest BCUT2D eigenvalue weighted by Gasteiger charge is -2.32. The Kier molecular flexibility index (Phi) is 6.80. The average molecular weight is 426 g/mol. The number of hydrogen-bond donors (Lipinski definition) is 1. The fourth-order valence-corrected chi connectivity index (χ4v) is 5.34. The maximum absolute atomic E-state index is 11.8. The van der Waals surface area contributed by atoms with Gasteiger partial charge in [-0.3, -0.25) is 4.79 Å². The van der Waals surface area contributed by atoms with E-state index in [2.05, 4.69) is 24.0 Å². The highest BCUT2D eigenvalue weighted by molar-refractivity contribution is 5.74. The van der Waals surface area contributed by atoms with Crippen LogP contribution in [-0.2, 0) is 16.1 Å². The number of aromatic nitrogens is 1. The number of rotatable bonds is 8. The van der Waals surface area contributed by atoms with E-state index in [1.54, 1.807) is 0 Å². The predicted octanol–water partition coefficient (Wildman–Crippen LogP) is 6.46. The SMILES string of the molecule is Cc1ccc(-c2nc(CO[C@@H]3CCC[C@H](CCC4(C(=O)O)CCCC4)C3)c(C)o2)cc1. The van der Waals surface area contributed by atoms with Crippen LogP contribution in [0.15, 0.2) is 28.7 Å². The lowest BCUT2D eigenvalue weighted by molar-refractivity contribution is -0.149. The van der Waals surface area contributed by atoms with Crippen LogP contribution in [0.3, 0.4) is 0 Å². The van der Waals surface area contributed by atoms with E-state index in [0.29, 0.717) is 18.4 Å². The average Bonchev–Trinajstić information content (AvgIpc) is 3.39. The second kappa shape index (κ2) is 9.56. The van der Waals surface area contributed by atoms with Crippen molar-refractivity contribution in [2.45, 2.75) is 90.8 Å². The molecule has 0 bridgehead atoms. The van der Waals surface area contributed by atoms with Crippen molar-refractivity contribution in [3.63, 3.8) is 0 Å². The Bertz CT molecular complexity index is 879. The van der Waals surface area contributed by atoms with Crippen molar-refractivity contribution in [3.05, 3.63) is 41.3 Å². The summed E-state index contributed by atoms with van der Waals surface area (Å²) in [7, 11) is 0. The molecule has 5 nitrogen and oxygen atoms in total. The number of oxazole rings is 1. The summed E-state index contributed by atoms with van der Waals surface area (Å²) >= 11 is 0. The zero-order valence-corrected chi connectivity index (χ0v) is 18.9. The highest BCUT2D eigenvalue weighted by Gasteiger charge is 2.41. The third kappa shape index (κ3) is 5.20. The van der Waals surface area contributed by atoms with Gasteiger partial charge in [0.25, 0.3) is 0 Å². The number of hydrogen-bond acceptors (Lipinski definition) is 4. The molecule has 0 radical (unpaired) electrons. The van der Waals surface area contributed by atoms with Crippen LogP contribution in [0.1, 0.15) is 81.2 Å².